The molecule has 1 fully saturated rings. The third-order valence-electron chi connectivity index (χ3n) is 4.77. The van der Waals surface area contributed by atoms with E-state index in [-0.39, 0.29) is 11.9 Å². The standard InChI is InChI=1S/C25H30N2O5/c1-24(2,3)22(29)31-18-14-12-16(13-15-18)19-20(27(19)23(30)32-25(4,5)6)21(28)26-17-10-8-7-9-11-17/h7-15,19-20H,1-6H3,(H,26,28)/t19-,20+,27?/m0/s1. The Labute approximate surface area is 188 Å². The van der Waals surface area contributed by atoms with Crippen LogP contribution in [0, 0.1) is 5.41 Å². The van der Waals surface area contributed by atoms with Crippen LogP contribution in [0.2, 0.25) is 0 Å². The van der Waals surface area contributed by atoms with E-state index in [2.05, 4.69) is 5.32 Å². The molecule has 3 rings (SSSR count). The highest BCUT2D eigenvalue weighted by atomic mass is 16.6. The molecular weight excluding hydrogens is 408 g/mol. The number of rotatable bonds is 4. The van der Waals surface area contributed by atoms with Gasteiger partial charge in [0.05, 0.1) is 11.5 Å². The number of nitrogens with one attached hydrogen (secondary N) is 1. The molecule has 32 heavy (non-hydrogen) atoms. The molecule has 2 amide bonds. The summed E-state index contributed by atoms with van der Waals surface area (Å²) in [5.74, 6) is -0.231. The van der Waals surface area contributed by atoms with Gasteiger partial charge in [0.1, 0.15) is 17.4 Å². The first-order chi connectivity index (χ1) is 14.9. The number of ether oxygens (including phenoxy) is 2. The Hall–Kier alpha value is -3.35. The van der Waals surface area contributed by atoms with Crippen LogP contribution in [0.5, 0.6) is 5.75 Å². The molecule has 1 heterocycles. The summed E-state index contributed by atoms with van der Waals surface area (Å²) in [7, 11) is 0. The summed E-state index contributed by atoms with van der Waals surface area (Å²) in [6.45, 7) is 10.7. The molecule has 0 aliphatic carbocycles. The van der Waals surface area contributed by atoms with E-state index in [9.17, 15) is 14.4 Å². The van der Waals surface area contributed by atoms with Gasteiger partial charge in [-0.1, -0.05) is 30.3 Å². The second kappa shape index (κ2) is 8.65. The molecule has 1 aliphatic rings. The van der Waals surface area contributed by atoms with Crippen LogP contribution in [0.15, 0.2) is 54.6 Å². The highest BCUT2D eigenvalue weighted by Crippen LogP contribution is 2.45. The van der Waals surface area contributed by atoms with Crippen LogP contribution in [0.25, 0.3) is 0 Å². The molecule has 1 N–H and O–H groups in total. The van der Waals surface area contributed by atoms with Crippen molar-refractivity contribution < 1.29 is 23.9 Å². The SMILES string of the molecule is CC(C)(C)OC(=O)N1[C@@H](C(=O)Nc2ccccc2)[C@@H]1c1ccc(OC(=O)C(C)(C)C)cc1. The average molecular weight is 439 g/mol. The van der Waals surface area contributed by atoms with Crippen LogP contribution in [0.4, 0.5) is 10.5 Å². The Bertz CT molecular complexity index is 988. The molecule has 2 atom stereocenters. The zero-order valence-corrected chi connectivity index (χ0v) is 19.3. The minimum absolute atomic E-state index is 0.296. The van der Waals surface area contributed by atoms with Crippen LogP contribution >= 0.6 is 0 Å². The number of esters is 1. The Balaban J connectivity index is 1.79. The van der Waals surface area contributed by atoms with Crippen LogP contribution in [-0.2, 0) is 14.3 Å². The lowest BCUT2D eigenvalue weighted by Crippen LogP contribution is -2.30. The van der Waals surface area contributed by atoms with E-state index < -0.39 is 29.2 Å². The Morgan fingerprint density at radius 1 is 0.875 bits per heavy atom. The lowest BCUT2D eigenvalue weighted by atomic mass is 9.97. The van der Waals surface area contributed by atoms with Crippen molar-refractivity contribution in [2.24, 2.45) is 5.41 Å². The first-order valence-corrected chi connectivity index (χ1v) is 10.6. The molecule has 2 aromatic rings. The van der Waals surface area contributed by atoms with E-state index in [0.717, 1.165) is 5.56 Å². The monoisotopic (exact) mass is 438 g/mol. The topological polar surface area (TPSA) is 84.7 Å². The second-order valence-corrected chi connectivity index (χ2v) is 9.84. The summed E-state index contributed by atoms with van der Waals surface area (Å²) in [5, 5.41) is 2.85. The second-order valence-electron chi connectivity index (χ2n) is 9.84. The van der Waals surface area contributed by atoms with Gasteiger partial charge in [0, 0.05) is 5.69 Å². The fourth-order valence-electron chi connectivity index (χ4n) is 3.12. The van der Waals surface area contributed by atoms with Crippen molar-refractivity contribution in [3.05, 3.63) is 60.2 Å². The summed E-state index contributed by atoms with van der Waals surface area (Å²) >= 11 is 0. The van der Waals surface area contributed by atoms with Crippen LogP contribution in [-0.4, -0.2) is 34.5 Å². The van der Waals surface area contributed by atoms with Gasteiger partial charge >= 0.3 is 12.1 Å². The molecule has 0 spiro atoms. The van der Waals surface area contributed by atoms with E-state index >= 15 is 0 Å². The highest BCUT2D eigenvalue weighted by Gasteiger charge is 2.57. The van der Waals surface area contributed by atoms with Crippen molar-refractivity contribution in [3.8, 4) is 5.75 Å². The predicted molar refractivity (Wildman–Crippen MR) is 121 cm³/mol. The van der Waals surface area contributed by atoms with Gasteiger partial charge in [-0.3, -0.25) is 14.5 Å². The molecule has 0 aromatic heterocycles. The average Bonchev–Trinajstić information content (AvgIpc) is 3.43. The van der Waals surface area contributed by atoms with Crippen LogP contribution in [0.3, 0.4) is 0 Å². The van der Waals surface area contributed by atoms with E-state index in [4.69, 9.17) is 9.47 Å². The Kier molecular flexibility index (Phi) is 6.30. The third-order valence-corrected chi connectivity index (χ3v) is 4.77. The van der Waals surface area contributed by atoms with Crippen molar-refractivity contribution in [1.29, 1.82) is 0 Å². The highest BCUT2D eigenvalue weighted by molar-refractivity contribution is 6.00. The van der Waals surface area contributed by atoms with Crippen molar-refractivity contribution in [2.45, 2.75) is 59.2 Å². The summed E-state index contributed by atoms with van der Waals surface area (Å²) < 4.78 is 10.9. The number of carbonyl (C=O) groups is 3. The van der Waals surface area contributed by atoms with Gasteiger partial charge in [0.15, 0.2) is 0 Å². The summed E-state index contributed by atoms with van der Waals surface area (Å²) in [6, 6.07) is 14.7. The molecule has 0 saturated carbocycles. The van der Waals surface area contributed by atoms with E-state index in [1.54, 1.807) is 77.9 Å². The number of amides is 2. The minimum atomic E-state index is -0.701. The molecule has 0 bridgehead atoms. The molecular formula is C25H30N2O5. The van der Waals surface area contributed by atoms with Gasteiger partial charge in [-0.05, 0) is 71.4 Å². The molecule has 7 heteroatoms. The molecule has 0 radical (unpaired) electrons. The maximum atomic E-state index is 12.9. The lowest BCUT2D eigenvalue weighted by Gasteiger charge is -2.20. The molecule has 170 valence electrons. The summed E-state index contributed by atoms with van der Waals surface area (Å²) in [6.07, 6.45) is -0.557. The first kappa shape index (κ1) is 23.3. The third kappa shape index (κ3) is 5.66. The van der Waals surface area contributed by atoms with Crippen molar-refractivity contribution in [1.82, 2.24) is 4.90 Å². The molecule has 2 aromatic carbocycles. The molecule has 0 unspecified atom stereocenters. The fraction of sp³-hybridized carbons (Fsp3) is 0.400. The van der Waals surface area contributed by atoms with Gasteiger partial charge in [0.2, 0.25) is 5.91 Å². The van der Waals surface area contributed by atoms with Gasteiger partial charge in [-0.25, -0.2) is 4.79 Å². The zero-order chi connectivity index (χ0) is 23.7. The molecule has 1 saturated heterocycles. The number of hydrogen-bond acceptors (Lipinski definition) is 5. The van der Waals surface area contributed by atoms with Crippen molar-refractivity contribution in [2.75, 3.05) is 5.32 Å². The van der Waals surface area contributed by atoms with Gasteiger partial charge in [-0.2, -0.15) is 0 Å². The van der Waals surface area contributed by atoms with Crippen molar-refractivity contribution in [3.63, 3.8) is 0 Å². The van der Waals surface area contributed by atoms with E-state index in [1.807, 2.05) is 18.2 Å². The quantitative estimate of drug-likeness (QED) is 0.415. The molecule has 7 nitrogen and oxygen atoms in total. The summed E-state index contributed by atoms with van der Waals surface area (Å²) in [4.78, 5) is 39.2. The Morgan fingerprint density at radius 2 is 1.47 bits per heavy atom. The van der Waals surface area contributed by atoms with Crippen LogP contribution in [0.1, 0.15) is 53.1 Å². The van der Waals surface area contributed by atoms with E-state index in [0.29, 0.717) is 11.4 Å². The summed E-state index contributed by atoms with van der Waals surface area (Å²) in [5.41, 5.74) is 0.0929. The number of para-hydroxylation sites is 1. The normalized spacial score (nSPS) is 18.0. The number of hydrogen-bond donors (Lipinski definition) is 1. The number of benzene rings is 2. The van der Waals surface area contributed by atoms with Crippen LogP contribution < -0.4 is 10.1 Å². The number of anilines is 1. The first-order valence-electron chi connectivity index (χ1n) is 10.6. The van der Waals surface area contributed by atoms with Gasteiger partial charge in [0.25, 0.3) is 0 Å². The fourth-order valence-corrected chi connectivity index (χ4v) is 3.12. The molecule has 1 aliphatic heterocycles. The van der Waals surface area contributed by atoms with Crippen molar-refractivity contribution >= 4 is 23.7 Å². The van der Waals surface area contributed by atoms with E-state index in [1.165, 1.54) is 4.90 Å². The largest absolute Gasteiger partial charge is 0.444 e. The van der Waals surface area contributed by atoms with Gasteiger partial charge in [-0.15, -0.1) is 0 Å². The maximum absolute atomic E-state index is 12.9. The van der Waals surface area contributed by atoms with Gasteiger partial charge < -0.3 is 14.8 Å². The Morgan fingerprint density at radius 3 is 2.00 bits per heavy atom. The predicted octanol–water partition coefficient (Wildman–Crippen LogP) is 4.94. The smallest absolute Gasteiger partial charge is 0.411 e. The lowest BCUT2D eigenvalue weighted by molar-refractivity contribution is -0.143. The number of carbonyl (C=O) groups excluding carboxylic acids is 3. The zero-order valence-electron chi connectivity index (χ0n) is 19.3. The number of nitrogens with zero attached hydrogens (tertiary/aromatic N) is 1. The maximum Gasteiger partial charge on any atom is 0.411 e. The minimum Gasteiger partial charge on any atom is -0.444 e.